The first kappa shape index (κ1) is 12.9. The molecule has 0 aliphatic heterocycles. The van der Waals surface area contributed by atoms with E-state index in [1.54, 1.807) is 13.2 Å². The zero-order chi connectivity index (χ0) is 12.0. The van der Waals surface area contributed by atoms with Gasteiger partial charge in [0.1, 0.15) is 0 Å². The van der Waals surface area contributed by atoms with E-state index < -0.39 is 4.92 Å². The third kappa shape index (κ3) is 3.77. The maximum absolute atomic E-state index is 10.5. The first-order valence-corrected chi connectivity index (χ1v) is 5.15. The fourth-order valence-electron chi connectivity index (χ4n) is 1.19. The minimum atomic E-state index is -0.464. The van der Waals surface area contributed by atoms with Crippen molar-refractivity contribution in [3.63, 3.8) is 0 Å². The van der Waals surface area contributed by atoms with Gasteiger partial charge in [-0.2, -0.15) is 0 Å². The highest BCUT2D eigenvalue weighted by Gasteiger charge is 2.08. The van der Waals surface area contributed by atoms with Gasteiger partial charge in [-0.15, -0.1) is 0 Å². The van der Waals surface area contributed by atoms with Crippen LogP contribution in [0.2, 0.25) is 5.02 Å². The molecule has 0 amide bonds. The molecule has 5 nitrogen and oxygen atoms in total. The standard InChI is InChI=1S/C10H13ClN2O3/c1-16-5-4-12-7-8-2-3-9(13(14)15)6-10(8)11/h2-3,6,12H,4-5,7H2,1H3. The molecule has 0 saturated carbocycles. The maximum atomic E-state index is 10.5. The SMILES string of the molecule is COCCNCc1ccc([N+](=O)[O-])cc1Cl. The Morgan fingerprint density at radius 2 is 2.31 bits per heavy atom. The van der Waals surface area contributed by atoms with Crippen molar-refractivity contribution in [1.82, 2.24) is 5.32 Å². The van der Waals surface area contributed by atoms with Crippen LogP contribution >= 0.6 is 11.6 Å². The molecule has 1 aromatic carbocycles. The number of nitrogens with zero attached hydrogens (tertiary/aromatic N) is 1. The van der Waals surface area contributed by atoms with Gasteiger partial charge < -0.3 is 10.1 Å². The molecule has 0 aliphatic rings. The highest BCUT2D eigenvalue weighted by molar-refractivity contribution is 6.31. The lowest BCUT2D eigenvalue weighted by Gasteiger charge is -2.05. The third-order valence-electron chi connectivity index (χ3n) is 2.05. The number of nitro benzene ring substituents is 1. The summed E-state index contributed by atoms with van der Waals surface area (Å²) in [7, 11) is 1.63. The summed E-state index contributed by atoms with van der Waals surface area (Å²) >= 11 is 5.91. The van der Waals surface area contributed by atoms with E-state index in [4.69, 9.17) is 16.3 Å². The van der Waals surface area contributed by atoms with Crippen LogP contribution in [0.25, 0.3) is 0 Å². The minimum Gasteiger partial charge on any atom is -0.383 e. The van der Waals surface area contributed by atoms with Crippen molar-refractivity contribution in [3.05, 3.63) is 38.9 Å². The number of halogens is 1. The second-order valence-electron chi connectivity index (χ2n) is 3.20. The van der Waals surface area contributed by atoms with Crippen LogP contribution in [0, 0.1) is 10.1 Å². The molecule has 0 fully saturated rings. The van der Waals surface area contributed by atoms with Crippen LogP contribution in [-0.4, -0.2) is 25.2 Å². The summed E-state index contributed by atoms with van der Waals surface area (Å²) in [5.41, 5.74) is 0.842. The molecule has 0 unspecified atom stereocenters. The first-order chi connectivity index (χ1) is 7.65. The highest BCUT2D eigenvalue weighted by atomic mass is 35.5. The van der Waals surface area contributed by atoms with Gasteiger partial charge in [0, 0.05) is 32.3 Å². The second-order valence-corrected chi connectivity index (χ2v) is 3.61. The van der Waals surface area contributed by atoms with Crippen LogP contribution in [0.1, 0.15) is 5.56 Å². The Hall–Kier alpha value is -1.17. The fourth-order valence-corrected chi connectivity index (χ4v) is 1.43. The number of ether oxygens (including phenoxy) is 1. The van der Waals surface area contributed by atoms with E-state index in [1.807, 2.05) is 0 Å². The quantitative estimate of drug-likeness (QED) is 0.472. The molecule has 88 valence electrons. The number of hydrogen-bond acceptors (Lipinski definition) is 4. The van der Waals surface area contributed by atoms with Crippen LogP contribution in [0.5, 0.6) is 0 Å². The molecule has 0 spiro atoms. The Morgan fingerprint density at radius 3 is 2.88 bits per heavy atom. The van der Waals surface area contributed by atoms with Gasteiger partial charge in [0.15, 0.2) is 0 Å². The molecule has 16 heavy (non-hydrogen) atoms. The molecule has 1 rings (SSSR count). The Bertz CT molecular complexity index is 371. The minimum absolute atomic E-state index is 0.00522. The molecule has 0 radical (unpaired) electrons. The lowest BCUT2D eigenvalue weighted by molar-refractivity contribution is -0.384. The molecule has 0 heterocycles. The number of methoxy groups -OCH3 is 1. The molecule has 0 saturated heterocycles. The lowest BCUT2D eigenvalue weighted by atomic mass is 10.2. The molecule has 0 bridgehead atoms. The van der Waals surface area contributed by atoms with E-state index in [9.17, 15) is 10.1 Å². The number of benzene rings is 1. The van der Waals surface area contributed by atoms with E-state index in [-0.39, 0.29) is 5.69 Å². The van der Waals surface area contributed by atoms with Gasteiger partial charge in [0.05, 0.1) is 16.6 Å². The fraction of sp³-hybridized carbons (Fsp3) is 0.400. The topological polar surface area (TPSA) is 64.4 Å². The largest absolute Gasteiger partial charge is 0.383 e. The molecule has 0 aromatic heterocycles. The summed E-state index contributed by atoms with van der Waals surface area (Å²) in [6, 6.07) is 4.45. The number of nitrogens with one attached hydrogen (secondary N) is 1. The van der Waals surface area contributed by atoms with E-state index in [1.165, 1.54) is 12.1 Å². The zero-order valence-corrected chi connectivity index (χ0v) is 9.66. The predicted octanol–water partition coefficient (Wildman–Crippen LogP) is 1.98. The van der Waals surface area contributed by atoms with Crippen LogP contribution in [0.4, 0.5) is 5.69 Å². The number of hydrogen-bond donors (Lipinski definition) is 1. The van der Waals surface area contributed by atoms with E-state index in [0.29, 0.717) is 24.7 Å². The van der Waals surface area contributed by atoms with E-state index >= 15 is 0 Å². The summed E-state index contributed by atoms with van der Waals surface area (Å²) in [5, 5.41) is 14.0. The normalized spacial score (nSPS) is 10.4. The number of rotatable bonds is 6. The average molecular weight is 245 g/mol. The van der Waals surface area contributed by atoms with Crippen LogP contribution in [0.3, 0.4) is 0 Å². The Balaban J connectivity index is 2.57. The van der Waals surface area contributed by atoms with Gasteiger partial charge in [-0.05, 0) is 11.6 Å². The summed E-state index contributed by atoms with van der Waals surface area (Å²) in [6.45, 7) is 1.90. The van der Waals surface area contributed by atoms with Gasteiger partial charge >= 0.3 is 0 Å². The maximum Gasteiger partial charge on any atom is 0.270 e. The van der Waals surface area contributed by atoms with Crippen LogP contribution in [0.15, 0.2) is 18.2 Å². The first-order valence-electron chi connectivity index (χ1n) is 4.77. The molecule has 1 N–H and O–H groups in total. The number of nitro groups is 1. The Kier molecular flexibility index (Phi) is 5.18. The molecule has 0 atom stereocenters. The van der Waals surface area contributed by atoms with Crippen molar-refractivity contribution < 1.29 is 9.66 Å². The van der Waals surface area contributed by atoms with Gasteiger partial charge in [-0.1, -0.05) is 11.6 Å². The van der Waals surface area contributed by atoms with Crippen LogP contribution in [-0.2, 0) is 11.3 Å². The smallest absolute Gasteiger partial charge is 0.270 e. The van der Waals surface area contributed by atoms with Gasteiger partial charge in [0.2, 0.25) is 0 Å². The lowest BCUT2D eigenvalue weighted by Crippen LogP contribution is -2.18. The van der Waals surface area contributed by atoms with Crippen molar-refractivity contribution in [3.8, 4) is 0 Å². The molecular weight excluding hydrogens is 232 g/mol. The highest BCUT2D eigenvalue weighted by Crippen LogP contribution is 2.22. The summed E-state index contributed by atoms with van der Waals surface area (Å²) in [5.74, 6) is 0. The molecule has 6 heteroatoms. The average Bonchev–Trinajstić information content (AvgIpc) is 2.26. The van der Waals surface area contributed by atoms with Crippen LogP contribution < -0.4 is 5.32 Å². The van der Waals surface area contributed by atoms with Gasteiger partial charge in [-0.3, -0.25) is 10.1 Å². The van der Waals surface area contributed by atoms with Crippen molar-refractivity contribution in [2.24, 2.45) is 0 Å². The van der Waals surface area contributed by atoms with E-state index in [2.05, 4.69) is 5.32 Å². The molecule has 1 aromatic rings. The zero-order valence-electron chi connectivity index (χ0n) is 8.90. The number of non-ortho nitro benzene ring substituents is 1. The summed E-state index contributed by atoms with van der Waals surface area (Å²) in [4.78, 5) is 10.0. The second kappa shape index (κ2) is 6.42. The Morgan fingerprint density at radius 1 is 1.56 bits per heavy atom. The van der Waals surface area contributed by atoms with Crippen molar-refractivity contribution in [1.29, 1.82) is 0 Å². The van der Waals surface area contributed by atoms with E-state index in [0.717, 1.165) is 5.56 Å². The van der Waals surface area contributed by atoms with Crippen molar-refractivity contribution in [2.45, 2.75) is 6.54 Å². The third-order valence-corrected chi connectivity index (χ3v) is 2.40. The summed E-state index contributed by atoms with van der Waals surface area (Å²) < 4.78 is 4.88. The van der Waals surface area contributed by atoms with Crippen molar-refractivity contribution in [2.75, 3.05) is 20.3 Å². The monoisotopic (exact) mass is 244 g/mol. The summed E-state index contributed by atoms with van der Waals surface area (Å²) in [6.07, 6.45) is 0. The molecule has 0 aliphatic carbocycles. The Labute approximate surface area is 98.5 Å². The van der Waals surface area contributed by atoms with Gasteiger partial charge in [0.25, 0.3) is 5.69 Å². The van der Waals surface area contributed by atoms with Gasteiger partial charge in [-0.25, -0.2) is 0 Å². The predicted molar refractivity (Wildman–Crippen MR) is 61.7 cm³/mol. The molecular formula is C10H13ClN2O3. The van der Waals surface area contributed by atoms with Crippen molar-refractivity contribution >= 4 is 17.3 Å².